The molecule has 4 bridgehead atoms. The van der Waals surface area contributed by atoms with Gasteiger partial charge in [0.2, 0.25) is 0 Å². The van der Waals surface area contributed by atoms with Crippen LogP contribution in [-0.2, 0) is 4.79 Å². The van der Waals surface area contributed by atoms with Crippen LogP contribution in [0, 0.1) is 23.2 Å². The fourth-order valence-electron chi connectivity index (χ4n) is 6.20. The lowest BCUT2D eigenvalue weighted by molar-refractivity contribution is -0.134. The summed E-state index contributed by atoms with van der Waals surface area (Å²) in [6.07, 6.45) is 10.8. The van der Waals surface area contributed by atoms with Crippen LogP contribution in [0.1, 0.15) is 71.3 Å². The molecule has 0 saturated heterocycles. The van der Waals surface area contributed by atoms with Crippen molar-refractivity contribution in [2.24, 2.45) is 28.2 Å². The predicted octanol–water partition coefficient (Wildman–Crippen LogP) is 5.42. The van der Waals surface area contributed by atoms with Gasteiger partial charge in [-0.1, -0.05) is 6.92 Å². The molecule has 4 nitrogen and oxygen atoms in total. The highest BCUT2D eigenvalue weighted by Gasteiger charge is 2.53. The third-order valence-corrected chi connectivity index (χ3v) is 7.20. The van der Waals surface area contributed by atoms with Crippen LogP contribution in [0.2, 0.25) is 0 Å². The molecular weight excluding hydrogens is 350 g/mol. The van der Waals surface area contributed by atoms with E-state index in [9.17, 15) is 4.79 Å². The summed E-state index contributed by atoms with van der Waals surface area (Å²) in [4.78, 5) is 16.6. The molecule has 4 fully saturated rings. The molecule has 0 aromatic heterocycles. The van der Waals surface area contributed by atoms with Crippen LogP contribution in [-0.4, -0.2) is 24.8 Å². The maximum Gasteiger partial charge on any atom is 0.311 e. The molecule has 0 heterocycles. The van der Waals surface area contributed by atoms with Crippen LogP contribution in [0.3, 0.4) is 0 Å². The molecule has 1 unspecified atom stereocenters. The van der Waals surface area contributed by atoms with Crippen molar-refractivity contribution in [1.82, 2.24) is 0 Å². The van der Waals surface area contributed by atoms with Crippen LogP contribution in [0.25, 0.3) is 0 Å². The Bertz CT molecular complexity index is 719. The zero-order valence-corrected chi connectivity index (χ0v) is 17.4. The fourth-order valence-corrected chi connectivity index (χ4v) is 6.20. The van der Waals surface area contributed by atoms with E-state index in [4.69, 9.17) is 14.5 Å². The molecule has 0 N–H and O–H groups in total. The summed E-state index contributed by atoms with van der Waals surface area (Å²) in [5.41, 5.74) is 1.42. The summed E-state index contributed by atoms with van der Waals surface area (Å²) in [7, 11) is 0. The number of benzene rings is 1. The van der Waals surface area contributed by atoms with Gasteiger partial charge in [0.1, 0.15) is 0 Å². The summed E-state index contributed by atoms with van der Waals surface area (Å²) >= 11 is 0. The van der Waals surface area contributed by atoms with Crippen LogP contribution < -0.4 is 9.47 Å². The first-order chi connectivity index (χ1) is 13.5. The Hall–Kier alpha value is -1.84. The van der Waals surface area contributed by atoms with Crippen molar-refractivity contribution in [2.45, 2.75) is 71.8 Å². The second-order valence-electron chi connectivity index (χ2n) is 9.20. The first-order valence-corrected chi connectivity index (χ1v) is 11.0. The van der Waals surface area contributed by atoms with Gasteiger partial charge in [0.05, 0.1) is 12.6 Å². The summed E-state index contributed by atoms with van der Waals surface area (Å²) in [5.74, 6) is 3.68. The highest BCUT2D eigenvalue weighted by molar-refractivity contribution is 5.81. The number of carbonyl (C=O) groups is 1. The normalized spacial score (nSPS) is 31.9. The Morgan fingerprint density at radius 1 is 1.14 bits per heavy atom. The molecule has 1 atom stereocenters. The van der Waals surface area contributed by atoms with Crippen molar-refractivity contribution >= 4 is 12.2 Å². The molecule has 28 heavy (non-hydrogen) atoms. The molecule has 5 rings (SSSR count). The molecule has 1 aromatic carbocycles. The number of hydrogen-bond donors (Lipinski definition) is 0. The Balaban J connectivity index is 1.49. The lowest BCUT2D eigenvalue weighted by Crippen LogP contribution is -2.50. The van der Waals surface area contributed by atoms with Gasteiger partial charge in [-0.05, 0) is 99.3 Å². The standard InChI is InChI=1S/C24H33NO3/c1-4-23(26)28-21-7-6-17(11-22(21)27-5-2)15-25-16(3)24-12-18-8-19(13-24)10-20(9-18)14-24/h6-7,11,15-16,18-20H,4-5,8-10,12-14H2,1-3H3. The molecule has 4 aliphatic rings. The Morgan fingerprint density at radius 2 is 1.79 bits per heavy atom. The maximum absolute atomic E-state index is 11.6. The van der Waals surface area contributed by atoms with Crippen LogP contribution in [0.5, 0.6) is 11.5 Å². The number of nitrogens with zero attached hydrogens (tertiary/aromatic N) is 1. The van der Waals surface area contributed by atoms with Crippen LogP contribution in [0.4, 0.5) is 0 Å². The molecule has 4 heteroatoms. The minimum absolute atomic E-state index is 0.252. The molecule has 0 aliphatic heterocycles. The smallest absolute Gasteiger partial charge is 0.311 e. The number of esters is 1. The van der Waals surface area contributed by atoms with Gasteiger partial charge in [0.25, 0.3) is 0 Å². The largest absolute Gasteiger partial charge is 0.490 e. The average Bonchev–Trinajstić information content (AvgIpc) is 2.66. The third kappa shape index (κ3) is 3.83. The molecule has 0 amide bonds. The monoisotopic (exact) mass is 383 g/mol. The van der Waals surface area contributed by atoms with Crippen molar-refractivity contribution < 1.29 is 14.3 Å². The third-order valence-electron chi connectivity index (χ3n) is 7.20. The summed E-state index contributed by atoms with van der Waals surface area (Å²) < 4.78 is 11.1. The van der Waals surface area contributed by atoms with Crippen molar-refractivity contribution in [3.05, 3.63) is 23.8 Å². The highest BCUT2D eigenvalue weighted by Crippen LogP contribution is 2.61. The molecule has 1 aromatic rings. The van der Waals surface area contributed by atoms with Gasteiger partial charge in [-0.25, -0.2) is 0 Å². The molecule has 0 radical (unpaired) electrons. The summed E-state index contributed by atoms with van der Waals surface area (Å²) in [5, 5.41) is 0. The van der Waals surface area contributed by atoms with E-state index in [1.807, 2.05) is 31.3 Å². The molecule has 0 spiro atoms. The lowest BCUT2D eigenvalue weighted by atomic mass is 9.48. The topological polar surface area (TPSA) is 47.9 Å². The van der Waals surface area contributed by atoms with Gasteiger partial charge in [-0.3, -0.25) is 9.79 Å². The second-order valence-corrected chi connectivity index (χ2v) is 9.20. The van der Waals surface area contributed by atoms with Crippen LogP contribution >= 0.6 is 0 Å². The maximum atomic E-state index is 11.6. The van der Waals surface area contributed by atoms with E-state index in [-0.39, 0.29) is 5.97 Å². The zero-order valence-electron chi connectivity index (χ0n) is 17.4. The van der Waals surface area contributed by atoms with Gasteiger partial charge in [0, 0.05) is 12.6 Å². The quantitative estimate of drug-likeness (QED) is 0.359. The van der Waals surface area contributed by atoms with E-state index >= 15 is 0 Å². The minimum atomic E-state index is -0.252. The first-order valence-electron chi connectivity index (χ1n) is 11.0. The molecule has 4 saturated carbocycles. The highest BCUT2D eigenvalue weighted by atomic mass is 16.6. The molecule has 152 valence electrons. The number of carbonyl (C=O) groups excluding carboxylic acids is 1. The van der Waals surface area contributed by atoms with E-state index in [0.717, 1.165) is 23.3 Å². The van der Waals surface area contributed by atoms with E-state index in [1.165, 1.54) is 38.5 Å². The van der Waals surface area contributed by atoms with E-state index in [1.54, 1.807) is 6.92 Å². The minimum Gasteiger partial charge on any atom is -0.490 e. The van der Waals surface area contributed by atoms with Gasteiger partial charge in [-0.2, -0.15) is 0 Å². The summed E-state index contributed by atoms with van der Waals surface area (Å²) in [6, 6.07) is 6.05. The molecule has 4 aliphatic carbocycles. The van der Waals surface area contributed by atoms with Crippen LogP contribution in [0.15, 0.2) is 23.2 Å². The van der Waals surface area contributed by atoms with Gasteiger partial charge >= 0.3 is 5.97 Å². The van der Waals surface area contributed by atoms with Gasteiger partial charge < -0.3 is 9.47 Å². The Morgan fingerprint density at radius 3 is 2.36 bits per heavy atom. The molecular formula is C24H33NO3. The van der Waals surface area contributed by atoms with Crippen molar-refractivity contribution in [3.8, 4) is 11.5 Å². The number of hydrogen-bond acceptors (Lipinski definition) is 4. The van der Waals surface area contributed by atoms with Crippen molar-refractivity contribution in [1.29, 1.82) is 0 Å². The Labute approximate surface area is 168 Å². The van der Waals surface area contributed by atoms with E-state index < -0.39 is 0 Å². The zero-order chi connectivity index (χ0) is 19.7. The Kier molecular flexibility index (Phi) is 5.48. The predicted molar refractivity (Wildman–Crippen MR) is 111 cm³/mol. The number of rotatable bonds is 7. The van der Waals surface area contributed by atoms with E-state index in [2.05, 4.69) is 6.92 Å². The fraction of sp³-hybridized carbons (Fsp3) is 0.667. The van der Waals surface area contributed by atoms with Crippen molar-refractivity contribution in [3.63, 3.8) is 0 Å². The van der Waals surface area contributed by atoms with Gasteiger partial charge in [0.15, 0.2) is 11.5 Å². The van der Waals surface area contributed by atoms with Crippen molar-refractivity contribution in [2.75, 3.05) is 6.61 Å². The number of aliphatic imine (C=N–C) groups is 1. The average molecular weight is 384 g/mol. The van der Waals surface area contributed by atoms with Gasteiger partial charge in [-0.15, -0.1) is 0 Å². The number of ether oxygens (including phenoxy) is 2. The lowest BCUT2D eigenvalue weighted by Gasteiger charge is -2.58. The van der Waals surface area contributed by atoms with E-state index in [0.29, 0.717) is 36.0 Å². The second kappa shape index (κ2) is 7.88. The SMILES string of the molecule is CCOc1cc(C=NC(C)C23CC4CC(CC(C4)C2)C3)ccc1OC(=O)CC. The summed E-state index contributed by atoms with van der Waals surface area (Å²) in [6.45, 7) is 6.56. The first kappa shape index (κ1) is 19.5.